The van der Waals surface area contributed by atoms with E-state index in [0.29, 0.717) is 5.69 Å². The molecule has 0 saturated carbocycles. The zero-order chi connectivity index (χ0) is 14.0. The van der Waals surface area contributed by atoms with Crippen molar-refractivity contribution in [2.75, 3.05) is 0 Å². The lowest BCUT2D eigenvalue weighted by molar-refractivity contribution is -0.0498. The van der Waals surface area contributed by atoms with Crippen molar-refractivity contribution < 1.29 is 28.5 Å². The molecule has 0 radical (unpaired) electrons. The normalized spacial score (nSPS) is 10.7. The second-order valence-corrected chi connectivity index (χ2v) is 3.49. The van der Waals surface area contributed by atoms with E-state index in [1.54, 1.807) is 0 Å². The van der Waals surface area contributed by atoms with E-state index in [9.17, 15) is 18.7 Å². The van der Waals surface area contributed by atoms with Gasteiger partial charge in [-0.3, -0.25) is 0 Å². The van der Waals surface area contributed by atoms with Crippen LogP contribution in [0, 0.1) is 0 Å². The Labute approximate surface area is 105 Å². The Hall–Kier alpha value is -2.64. The lowest BCUT2D eigenvalue weighted by Gasteiger charge is -2.05. The minimum absolute atomic E-state index is 0.0337. The number of alkyl halides is 2. The number of nitrogens with zero attached hydrogens (tertiary/aromatic N) is 2. The summed E-state index contributed by atoms with van der Waals surface area (Å²) in [5.74, 6) is -1.89. The third-order valence-electron chi connectivity index (χ3n) is 2.22. The first-order valence-corrected chi connectivity index (χ1v) is 5.04. The summed E-state index contributed by atoms with van der Waals surface area (Å²) in [6.07, 6.45) is 1.10. The van der Waals surface area contributed by atoms with E-state index < -0.39 is 24.0 Å². The van der Waals surface area contributed by atoms with Crippen molar-refractivity contribution in [2.45, 2.75) is 6.61 Å². The molecule has 0 saturated heterocycles. The van der Waals surface area contributed by atoms with Gasteiger partial charge in [-0.2, -0.15) is 13.9 Å². The van der Waals surface area contributed by atoms with E-state index in [-0.39, 0.29) is 5.75 Å². The van der Waals surface area contributed by atoms with Gasteiger partial charge in [-0.15, -0.1) is 0 Å². The molecule has 0 fully saturated rings. The van der Waals surface area contributed by atoms with Gasteiger partial charge >= 0.3 is 12.6 Å². The van der Waals surface area contributed by atoms with E-state index in [1.807, 2.05) is 0 Å². The molecule has 0 aliphatic carbocycles. The van der Waals surface area contributed by atoms with Crippen molar-refractivity contribution in [3.63, 3.8) is 0 Å². The Morgan fingerprint density at radius 3 is 2.42 bits per heavy atom. The van der Waals surface area contributed by atoms with E-state index >= 15 is 0 Å². The Bertz CT molecular complexity index is 595. The minimum Gasteiger partial charge on any atom is -0.504 e. The molecule has 2 N–H and O–H groups in total. The van der Waals surface area contributed by atoms with Crippen molar-refractivity contribution in [1.82, 2.24) is 9.78 Å². The van der Waals surface area contributed by atoms with Gasteiger partial charge in [0.1, 0.15) is 5.75 Å². The van der Waals surface area contributed by atoms with Crippen LogP contribution in [0.1, 0.15) is 10.5 Å². The molecule has 19 heavy (non-hydrogen) atoms. The highest BCUT2D eigenvalue weighted by Gasteiger charge is 2.15. The van der Waals surface area contributed by atoms with Crippen LogP contribution in [0.3, 0.4) is 0 Å². The third kappa shape index (κ3) is 2.79. The van der Waals surface area contributed by atoms with Crippen LogP contribution >= 0.6 is 0 Å². The molecule has 0 atom stereocenters. The number of hydrogen-bond acceptors (Lipinski definition) is 4. The highest BCUT2D eigenvalue weighted by Crippen LogP contribution is 2.20. The van der Waals surface area contributed by atoms with Gasteiger partial charge < -0.3 is 14.9 Å². The number of ether oxygens (including phenoxy) is 1. The van der Waals surface area contributed by atoms with Crippen LogP contribution < -0.4 is 4.74 Å². The molecule has 2 rings (SSSR count). The molecule has 1 heterocycles. The standard InChI is InChI=1S/C11H8F2N2O4/c12-11(13)19-7-3-1-6(2-4-7)15-5-8(16)9(14-15)10(17)18/h1-5,11,16H,(H,17,18). The number of aromatic nitrogens is 2. The summed E-state index contributed by atoms with van der Waals surface area (Å²) in [6.45, 7) is -2.92. The number of aromatic carboxylic acids is 1. The number of aromatic hydroxyl groups is 1. The second kappa shape index (κ2) is 4.92. The number of rotatable bonds is 4. The van der Waals surface area contributed by atoms with Gasteiger partial charge in [-0.25, -0.2) is 9.48 Å². The zero-order valence-corrected chi connectivity index (χ0v) is 9.33. The van der Waals surface area contributed by atoms with Crippen molar-refractivity contribution >= 4 is 5.97 Å². The highest BCUT2D eigenvalue weighted by molar-refractivity contribution is 5.88. The molecule has 0 aliphatic rings. The molecule has 1 aromatic carbocycles. The van der Waals surface area contributed by atoms with Crippen molar-refractivity contribution in [2.24, 2.45) is 0 Å². The van der Waals surface area contributed by atoms with Crippen LogP contribution in [0.2, 0.25) is 0 Å². The molecule has 0 amide bonds. The summed E-state index contributed by atoms with van der Waals surface area (Å²) in [5, 5.41) is 21.7. The third-order valence-corrected chi connectivity index (χ3v) is 2.22. The Morgan fingerprint density at radius 1 is 1.32 bits per heavy atom. The fourth-order valence-electron chi connectivity index (χ4n) is 1.43. The van der Waals surface area contributed by atoms with E-state index in [4.69, 9.17) is 5.11 Å². The van der Waals surface area contributed by atoms with Gasteiger partial charge in [-0.1, -0.05) is 0 Å². The van der Waals surface area contributed by atoms with Crippen molar-refractivity contribution in [3.8, 4) is 17.2 Å². The maximum Gasteiger partial charge on any atom is 0.387 e. The van der Waals surface area contributed by atoms with Crippen molar-refractivity contribution in [3.05, 3.63) is 36.2 Å². The molecule has 0 spiro atoms. The van der Waals surface area contributed by atoms with Crippen LogP contribution in [0.15, 0.2) is 30.5 Å². The zero-order valence-electron chi connectivity index (χ0n) is 9.33. The summed E-state index contributed by atoms with van der Waals surface area (Å²) in [7, 11) is 0. The van der Waals surface area contributed by atoms with E-state index in [1.165, 1.54) is 24.3 Å². The molecule has 0 unspecified atom stereocenters. The quantitative estimate of drug-likeness (QED) is 0.886. The lowest BCUT2D eigenvalue weighted by atomic mass is 10.3. The molecular formula is C11H8F2N2O4. The smallest absolute Gasteiger partial charge is 0.387 e. The fraction of sp³-hybridized carbons (Fsp3) is 0.0909. The lowest BCUT2D eigenvalue weighted by Crippen LogP contribution is -2.03. The molecular weight excluding hydrogens is 262 g/mol. The molecule has 100 valence electrons. The maximum atomic E-state index is 12.0. The molecule has 1 aromatic heterocycles. The van der Waals surface area contributed by atoms with Gasteiger partial charge in [0.15, 0.2) is 5.75 Å². The van der Waals surface area contributed by atoms with Gasteiger partial charge in [0.05, 0.1) is 11.9 Å². The first-order valence-electron chi connectivity index (χ1n) is 5.04. The number of benzene rings is 1. The van der Waals surface area contributed by atoms with E-state index in [0.717, 1.165) is 10.9 Å². The summed E-state index contributed by atoms with van der Waals surface area (Å²) in [6, 6.07) is 5.35. The maximum absolute atomic E-state index is 12.0. The fourth-order valence-corrected chi connectivity index (χ4v) is 1.43. The monoisotopic (exact) mass is 270 g/mol. The average molecular weight is 270 g/mol. The van der Waals surface area contributed by atoms with Crippen LogP contribution in [0.25, 0.3) is 5.69 Å². The summed E-state index contributed by atoms with van der Waals surface area (Å²) < 4.78 is 29.2. The number of carbonyl (C=O) groups is 1. The first kappa shape index (κ1) is 12.8. The number of carboxylic acid groups (broad SMARTS) is 1. The van der Waals surface area contributed by atoms with Gasteiger partial charge in [-0.05, 0) is 24.3 Å². The molecule has 2 aromatic rings. The van der Waals surface area contributed by atoms with Crippen LogP contribution in [0.5, 0.6) is 11.5 Å². The van der Waals surface area contributed by atoms with E-state index in [2.05, 4.69) is 9.84 Å². The van der Waals surface area contributed by atoms with Gasteiger partial charge in [0.2, 0.25) is 5.69 Å². The van der Waals surface area contributed by atoms with Crippen molar-refractivity contribution in [1.29, 1.82) is 0 Å². The minimum atomic E-state index is -2.92. The summed E-state index contributed by atoms with van der Waals surface area (Å²) in [5.41, 5.74) is -0.0997. The van der Waals surface area contributed by atoms with Gasteiger partial charge in [0, 0.05) is 0 Å². The molecule has 6 nitrogen and oxygen atoms in total. The molecule has 8 heteroatoms. The Kier molecular flexibility index (Phi) is 3.32. The number of carboxylic acids is 1. The Morgan fingerprint density at radius 2 is 1.95 bits per heavy atom. The van der Waals surface area contributed by atoms with Crippen LogP contribution in [-0.4, -0.2) is 32.6 Å². The predicted octanol–water partition coefficient (Wildman–Crippen LogP) is 1.88. The second-order valence-electron chi connectivity index (χ2n) is 3.49. The molecule has 0 bridgehead atoms. The van der Waals surface area contributed by atoms with Gasteiger partial charge in [0.25, 0.3) is 0 Å². The summed E-state index contributed by atoms with van der Waals surface area (Å²) >= 11 is 0. The highest BCUT2D eigenvalue weighted by atomic mass is 19.3. The number of halogens is 2. The number of hydrogen-bond donors (Lipinski definition) is 2. The first-order chi connectivity index (χ1) is 8.97. The molecule has 0 aliphatic heterocycles. The van der Waals surface area contributed by atoms with Crippen LogP contribution in [0.4, 0.5) is 8.78 Å². The van der Waals surface area contributed by atoms with Crippen LogP contribution in [-0.2, 0) is 0 Å². The summed E-state index contributed by atoms with van der Waals surface area (Å²) in [4.78, 5) is 10.7. The Balaban J connectivity index is 2.27. The average Bonchev–Trinajstić information content (AvgIpc) is 2.71. The SMILES string of the molecule is O=C(O)c1nn(-c2ccc(OC(F)F)cc2)cc1O. The predicted molar refractivity (Wildman–Crippen MR) is 58.8 cm³/mol. The topological polar surface area (TPSA) is 84.6 Å². The largest absolute Gasteiger partial charge is 0.504 e.